The molecule has 1 amide bonds. The third kappa shape index (κ3) is 4.29. The molecule has 0 saturated carbocycles. The van der Waals surface area contributed by atoms with Gasteiger partial charge in [-0.15, -0.1) is 11.8 Å². The quantitative estimate of drug-likeness (QED) is 0.517. The standard InChI is InChI=1S/C15H13FN2O3S/c1-10-2-3-11(16)8-14(10)17-15(19)9-22-13-6-4-12(5-7-13)18(20)21/h2-8H,9H2,1H3,(H,17,19). The Morgan fingerprint density at radius 1 is 1.27 bits per heavy atom. The second kappa shape index (κ2) is 7.04. The van der Waals surface area contributed by atoms with Crippen LogP contribution in [0.2, 0.25) is 0 Å². The van der Waals surface area contributed by atoms with Crippen molar-refractivity contribution < 1.29 is 14.1 Å². The van der Waals surface area contributed by atoms with Crippen LogP contribution in [0, 0.1) is 22.9 Å². The number of rotatable bonds is 5. The van der Waals surface area contributed by atoms with E-state index in [1.165, 1.54) is 36.0 Å². The van der Waals surface area contributed by atoms with Crippen molar-refractivity contribution in [1.82, 2.24) is 0 Å². The summed E-state index contributed by atoms with van der Waals surface area (Å²) in [5, 5.41) is 13.2. The maximum atomic E-state index is 13.1. The van der Waals surface area contributed by atoms with E-state index in [4.69, 9.17) is 0 Å². The molecule has 0 bridgehead atoms. The highest BCUT2D eigenvalue weighted by molar-refractivity contribution is 8.00. The molecular formula is C15H13FN2O3S. The number of anilines is 1. The highest BCUT2D eigenvalue weighted by Crippen LogP contribution is 2.22. The number of hydrogen-bond acceptors (Lipinski definition) is 4. The van der Waals surface area contributed by atoms with Gasteiger partial charge in [-0.3, -0.25) is 14.9 Å². The molecule has 0 radical (unpaired) electrons. The number of nitro benzene ring substituents is 1. The molecule has 2 rings (SSSR count). The average molecular weight is 320 g/mol. The molecule has 7 heteroatoms. The number of halogens is 1. The van der Waals surface area contributed by atoms with Gasteiger partial charge >= 0.3 is 0 Å². The van der Waals surface area contributed by atoms with Crippen molar-refractivity contribution in [2.75, 3.05) is 11.1 Å². The number of carbonyl (C=O) groups is 1. The van der Waals surface area contributed by atoms with Gasteiger partial charge in [0.15, 0.2) is 0 Å². The molecule has 0 aliphatic rings. The maximum absolute atomic E-state index is 13.1. The fraction of sp³-hybridized carbons (Fsp3) is 0.133. The van der Waals surface area contributed by atoms with Gasteiger partial charge in [0, 0.05) is 22.7 Å². The van der Waals surface area contributed by atoms with Crippen molar-refractivity contribution in [1.29, 1.82) is 0 Å². The minimum Gasteiger partial charge on any atom is -0.325 e. The number of carbonyl (C=O) groups excluding carboxylic acids is 1. The van der Waals surface area contributed by atoms with Crippen molar-refractivity contribution in [2.24, 2.45) is 0 Å². The summed E-state index contributed by atoms with van der Waals surface area (Å²) >= 11 is 1.25. The van der Waals surface area contributed by atoms with Crippen LogP contribution in [0.1, 0.15) is 5.56 Å². The predicted molar refractivity (Wildman–Crippen MR) is 83.6 cm³/mol. The van der Waals surface area contributed by atoms with E-state index < -0.39 is 10.7 Å². The zero-order chi connectivity index (χ0) is 16.1. The molecule has 0 aromatic heterocycles. The summed E-state index contributed by atoms with van der Waals surface area (Å²) in [4.78, 5) is 22.7. The van der Waals surface area contributed by atoms with Crippen LogP contribution in [0.15, 0.2) is 47.4 Å². The molecule has 22 heavy (non-hydrogen) atoms. The van der Waals surface area contributed by atoms with Gasteiger partial charge < -0.3 is 5.32 Å². The minimum absolute atomic E-state index is 0.00388. The molecule has 114 valence electrons. The second-order valence-corrected chi connectivity index (χ2v) is 5.60. The van der Waals surface area contributed by atoms with Gasteiger partial charge in [0.05, 0.1) is 10.7 Å². The molecule has 0 unspecified atom stereocenters. The van der Waals surface area contributed by atoms with Crippen molar-refractivity contribution in [2.45, 2.75) is 11.8 Å². The lowest BCUT2D eigenvalue weighted by Crippen LogP contribution is -2.14. The maximum Gasteiger partial charge on any atom is 0.269 e. The Morgan fingerprint density at radius 2 is 1.95 bits per heavy atom. The van der Waals surface area contributed by atoms with E-state index in [2.05, 4.69) is 5.32 Å². The Hall–Kier alpha value is -2.41. The van der Waals surface area contributed by atoms with Crippen molar-refractivity contribution in [3.63, 3.8) is 0 Å². The zero-order valence-corrected chi connectivity index (χ0v) is 12.5. The van der Waals surface area contributed by atoms with Crippen molar-refractivity contribution in [3.05, 3.63) is 64.0 Å². The summed E-state index contributed by atoms with van der Waals surface area (Å²) in [6.07, 6.45) is 0. The van der Waals surface area contributed by atoms with Crippen LogP contribution in [0.5, 0.6) is 0 Å². The Bertz CT molecular complexity index is 704. The SMILES string of the molecule is Cc1ccc(F)cc1NC(=O)CSc1ccc([N+](=O)[O-])cc1. The molecule has 0 aliphatic heterocycles. The van der Waals surface area contributed by atoms with E-state index in [-0.39, 0.29) is 17.3 Å². The van der Waals surface area contributed by atoms with E-state index in [1.54, 1.807) is 25.1 Å². The predicted octanol–water partition coefficient (Wildman–Crippen LogP) is 3.77. The number of nitro groups is 1. The first-order valence-electron chi connectivity index (χ1n) is 6.39. The van der Waals surface area contributed by atoms with E-state index in [9.17, 15) is 19.3 Å². The van der Waals surface area contributed by atoms with Gasteiger partial charge in [-0.2, -0.15) is 0 Å². The second-order valence-electron chi connectivity index (χ2n) is 4.55. The normalized spacial score (nSPS) is 10.3. The third-order valence-electron chi connectivity index (χ3n) is 2.89. The monoisotopic (exact) mass is 320 g/mol. The number of thioether (sulfide) groups is 1. The van der Waals surface area contributed by atoms with Crippen LogP contribution >= 0.6 is 11.8 Å². The summed E-state index contributed by atoms with van der Waals surface area (Å²) in [6.45, 7) is 1.78. The Kier molecular flexibility index (Phi) is 5.11. The summed E-state index contributed by atoms with van der Waals surface area (Å²) < 4.78 is 13.1. The Balaban J connectivity index is 1.92. The fourth-order valence-electron chi connectivity index (χ4n) is 1.73. The lowest BCUT2D eigenvalue weighted by Gasteiger charge is -2.08. The molecule has 0 atom stereocenters. The number of aryl methyl sites for hydroxylation is 1. The number of hydrogen-bond donors (Lipinski definition) is 1. The van der Waals surface area contributed by atoms with Gasteiger partial charge in [-0.05, 0) is 36.8 Å². The van der Waals surface area contributed by atoms with E-state index >= 15 is 0 Å². The third-order valence-corrected chi connectivity index (χ3v) is 3.90. The van der Waals surface area contributed by atoms with Gasteiger partial charge in [-0.1, -0.05) is 6.07 Å². The molecular weight excluding hydrogens is 307 g/mol. The summed E-state index contributed by atoms with van der Waals surface area (Å²) in [5.74, 6) is -0.547. The molecule has 2 aromatic rings. The van der Waals surface area contributed by atoms with Crippen molar-refractivity contribution in [3.8, 4) is 0 Å². The summed E-state index contributed by atoms with van der Waals surface area (Å²) in [5.41, 5.74) is 1.22. The number of nitrogens with zero attached hydrogens (tertiary/aromatic N) is 1. The topological polar surface area (TPSA) is 72.2 Å². The smallest absolute Gasteiger partial charge is 0.269 e. The van der Waals surface area contributed by atoms with Gasteiger partial charge in [0.1, 0.15) is 5.82 Å². The highest BCUT2D eigenvalue weighted by atomic mass is 32.2. The summed E-state index contributed by atoms with van der Waals surface area (Å²) in [6, 6.07) is 10.1. The zero-order valence-electron chi connectivity index (χ0n) is 11.7. The molecule has 1 N–H and O–H groups in total. The minimum atomic E-state index is -0.478. The van der Waals surface area contributed by atoms with Gasteiger partial charge in [0.2, 0.25) is 5.91 Å². The average Bonchev–Trinajstić information content (AvgIpc) is 2.49. The Labute approximate surface area is 130 Å². The van der Waals surface area contributed by atoms with Crippen LogP contribution in [-0.2, 0) is 4.79 Å². The molecule has 0 heterocycles. The molecule has 0 fully saturated rings. The summed E-state index contributed by atoms with van der Waals surface area (Å²) in [7, 11) is 0. The van der Waals surface area contributed by atoms with Crippen LogP contribution in [-0.4, -0.2) is 16.6 Å². The largest absolute Gasteiger partial charge is 0.325 e. The van der Waals surface area contributed by atoms with E-state index in [1.807, 2.05) is 0 Å². The van der Waals surface area contributed by atoms with Crippen LogP contribution < -0.4 is 5.32 Å². The molecule has 0 spiro atoms. The van der Waals surface area contributed by atoms with E-state index in [0.29, 0.717) is 5.69 Å². The lowest BCUT2D eigenvalue weighted by atomic mass is 10.2. The van der Waals surface area contributed by atoms with Crippen LogP contribution in [0.25, 0.3) is 0 Å². The first kappa shape index (κ1) is 16.0. The number of non-ortho nitro benzene ring substituents is 1. The molecule has 2 aromatic carbocycles. The molecule has 0 saturated heterocycles. The number of benzene rings is 2. The van der Waals surface area contributed by atoms with Gasteiger partial charge in [0.25, 0.3) is 5.69 Å². The van der Waals surface area contributed by atoms with Crippen LogP contribution in [0.4, 0.5) is 15.8 Å². The molecule has 0 aliphatic carbocycles. The highest BCUT2D eigenvalue weighted by Gasteiger charge is 2.08. The number of nitrogens with one attached hydrogen (secondary N) is 1. The van der Waals surface area contributed by atoms with E-state index in [0.717, 1.165) is 10.5 Å². The van der Waals surface area contributed by atoms with Crippen LogP contribution in [0.3, 0.4) is 0 Å². The fourth-order valence-corrected chi connectivity index (χ4v) is 2.43. The van der Waals surface area contributed by atoms with Gasteiger partial charge in [-0.25, -0.2) is 4.39 Å². The lowest BCUT2D eigenvalue weighted by molar-refractivity contribution is -0.384. The number of amides is 1. The first-order valence-corrected chi connectivity index (χ1v) is 7.37. The molecule has 5 nitrogen and oxygen atoms in total. The first-order chi connectivity index (χ1) is 10.5. The Morgan fingerprint density at radius 3 is 2.59 bits per heavy atom. The van der Waals surface area contributed by atoms with Crippen molar-refractivity contribution >= 4 is 29.0 Å².